The van der Waals surface area contributed by atoms with Gasteiger partial charge in [0.1, 0.15) is 11.3 Å². The fraction of sp³-hybridized carbons (Fsp3) is 0.562. The number of amides is 1. The van der Waals surface area contributed by atoms with E-state index in [0.717, 1.165) is 31.6 Å². The van der Waals surface area contributed by atoms with Gasteiger partial charge in [-0.15, -0.1) is 11.3 Å². The summed E-state index contributed by atoms with van der Waals surface area (Å²) in [4.78, 5) is 19.2. The molecule has 0 saturated carbocycles. The Labute approximate surface area is 134 Å². The van der Waals surface area contributed by atoms with Crippen LogP contribution >= 0.6 is 11.3 Å². The van der Waals surface area contributed by atoms with Crippen LogP contribution in [0.1, 0.15) is 53.5 Å². The predicted octanol–water partition coefficient (Wildman–Crippen LogP) is 3.20. The van der Waals surface area contributed by atoms with Gasteiger partial charge in [-0.3, -0.25) is 4.79 Å². The number of piperidine rings is 1. The first kappa shape index (κ1) is 15.2. The highest BCUT2D eigenvalue weighted by molar-refractivity contribution is 7.09. The average molecular weight is 319 g/mol. The number of nitrogens with zero attached hydrogens (tertiary/aromatic N) is 3. The number of aryl methyl sites for hydroxylation is 2. The first-order valence-electron chi connectivity index (χ1n) is 7.69. The molecule has 0 aromatic carbocycles. The first-order valence-corrected chi connectivity index (χ1v) is 8.57. The summed E-state index contributed by atoms with van der Waals surface area (Å²) in [7, 11) is 0. The Morgan fingerprint density at radius 2 is 2.18 bits per heavy atom. The second-order valence-corrected chi connectivity index (χ2v) is 7.00. The number of aromatic nitrogens is 2. The van der Waals surface area contributed by atoms with Gasteiger partial charge in [0.25, 0.3) is 5.91 Å². The SMILES string of the molecule is CCc1noc(C)c1C(=O)N1CCC(C)(c2nccs2)CC1. The summed E-state index contributed by atoms with van der Waals surface area (Å²) < 4.78 is 5.19. The van der Waals surface area contributed by atoms with Crippen LogP contribution in [0.25, 0.3) is 0 Å². The van der Waals surface area contributed by atoms with Gasteiger partial charge >= 0.3 is 0 Å². The van der Waals surface area contributed by atoms with E-state index in [1.807, 2.05) is 30.3 Å². The van der Waals surface area contributed by atoms with E-state index >= 15 is 0 Å². The van der Waals surface area contributed by atoms with Gasteiger partial charge < -0.3 is 9.42 Å². The maximum Gasteiger partial charge on any atom is 0.259 e. The molecule has 0 N–H and O–H groups in total. The van der Waals surface area contributed by atoms with Gasteiger partial charge in [-0.1, -0.05) is 19.0 Å². The highest BCUT2D eigenvalue weighted by atomic mass is 32.1. The third-order valence-corrected chi connectivity index (χ3v) is 5.66. The summed E-state index contributed by atoms with van der Waals surface area (Å²) in [5.74, 6) is 0.673. The third-order valence-electron chi connectivity index (χ3n) is 4.59. The van der Waals surface area contributed by atoms with E-state index in [0.29, 0.717) is 17.7 Å². The zero-order valence-electron chi connectivity index (χ0n) is 13.3. The van der Waals surface area contributed by atoms with Crippen molar-refractivity contribution in [2.75, 3.05) is 13.1 Å². The lowest BCUT2D eigenvalue weighted by Crippen LogP contribution is -2.44. The molecule has 6 heteroatoms. The van der Waals surface area contributed by atoms with Crippen LogP contribution in [0.2, 0.25) is 0 Å². The van der Waals surface area contributed by atoms with Gasteiger partial charge in [-0.05, 0) is 26.2 Å². The number of thiazole rings is 1. The largest absolute Gasteiger partial charge is 0.361 e. The molecule has 22 heavy (non-hydrogen) atoms. The topological polar surface area (TPSA) is 59.2 Å². The lowest BCUT2D eigenvalue weighted by atomic mass is 9.81. The summed E-state index contributed by atoms with van der Waals surface area (Å²) in [6.45, 7) is 7.55. The normalized spacial score (nSPS) is 17.7. The predicted molar refractivity (Wildman–Crippen MR) is 85.2 cm³/mol. The number of likely N-dealkylation sites (tertiary alicyclic amines) is 1. The minimum atomic E-state index is 0.0526. The summed E-state index contributed by atoms with van der Waals surface area (Å²) in [5.41, 5.74) is 1.50. The van der Waals surface area contributed by atoms with Crippen LogP contribution in [0.3, 0.4) is 0 Å². The van der Waals surface area contributed by atoms with Crippen molar-refractivity contribution in [3.8, 4) is 0 Å². The lowest BCUT2D eigenvalue weighted by molar-refractivity contribution is 0.0673. The number of hydrogen-bond donors (Lipinski definition) is 0. The van der Waals surface area contributed by atoms with Crippen molar-refractivity contribution in [1.82, 2.24) is 15.0 Å². The molecule has 1 fully saturated rings. The Hall–Kier alpha value is -1.69. The van der Waals surface area contributed by atoms with Gasteiger partial charge in [-0.2, -0.15) is 0 Å². The highest BCUT2D eigenvalue weighted by Crippen LogP contribution is 2.36. The molecule has 2 aromatic heterocycles. The van der Waals surface area contributed by atoms with Gasteiger partial charge in [0.15, 0.2) is 0 Å². The van der Waals surface area contributed by atoms with Crippen LogP contribution in [-0.2, 0) is 11.8 Å². The molecule has 1 aliphatic heterocycles. The van der Waals surface area contributed by atoms with Crippen LogP contribution in [0.4, 0.5) is 0 Å². The molecule has 1 amide bonds. The zero-order chi connectivity index (χ0) is 15.7. The molecule has 5 nitrogen and oxygen atoms in total. The van der Waals surface area contributed by atoms with Crippen LogP contribution in [0.15, 0.2) is 16.1 Å². The van der Waals surface area contributed by atoms with Crippen LogP contribution in [0, 0.1) is 6.92 Å². The summed E-state index contributed by atoms with van der Waals surface area (Å²) in [6, 6.07) is 0. The first-order chi connectivity index (χ1) is 10.5. The van der Waals surface area contributed by atoms with E-state index in [9.17, 15) is 4.79 Å². The third kappa shape index (κ3) is 2.56. The highest BCUT2D eigenvalue weighted by Gasteiger charge is 2.36. The van der Waals surface area contributed by atoms with Crippen LogP contribution < -0.4 is 0 Å². The lowest BCUT2D eigenvalue weighted by Gasteiger charge is -2.38. The van der Waals surface area contributed by atoms with Crippen molar-refractivity contribution in [2.24, 2.45) is 0 Å². The Kier molecular flexibility index (Phi) is 4.04. The van der Waals surface area contributed by atoms with Crippen molar-refractivity contribution in [1.29, 1.82) is 0 Å². The number of rotatable bonds is 3. The maximum absolute atomic E-state index is 12.8. The molecule has 0 radical (unpaired) electrons. The Bertz CT molecular complexity index is 655. The van der Waals surface area contributed by atoms with Gasteiger partial charge in [-0.25, -0.2) is 4.98 Å². The van der Waals surface area contributed by atoms with Crippen molar-refractivity contribution in [3.63, 3.8) is 0 Å². The minimum Gasteiger partial charge on any atom is -0.361 e. The molecule has 1 saturated heterocycles. The molecule has 3 heterocycles. The minimum absolute atomic E-state index is 0.0526. The van der Waals surface area contributed by atoms with Crippen molar-refractivity contribution < 1.29 is 9.32 Å². The molecule has 0 unspecified atom stereocenters. The quantitative estimate of drug-likeness (QED) is 0.871. The standard InChI is InChI=1S/C16H21N3O2S/c1-4-12-13(11(2)21-18-12)14(20)19-8-5-16(3,6-9-19)15-17-7-10-22-15/h7,10H,4-6,8-9H2,1-3H3. The van der Waals surface area contributed by atoms with Crippen molar-refractivity contribution >= 4 is 17.2 Å². The fourth-order valence-corrected chi connectivity index (χ4v) is 3.89. The van der Waals surface area contributed by atoms with E-state index in [4.69, 9.17) is 4.52 Å². The molecule has 118 valence electrons. The zero-order valence-corrected chi connectivity index (χ0v) is 14.1. The number of carbonyl (C=O) groups excluding carboxylic acids is 1. The second kappa shape index (κ2) is 5.83. The summed E-state index contributed by atoms with van der Waals surface area (Å²) >= 11 is 1.70. The average Bonchev–Trinajstić information content (AvgIpc) is 3.17. The van der Waals surface area contributed by atoms with Crippen molar-refractivity contribution in [3.05, 3.63) is 33.6 Å². The number of hydrogen-bond acceptors (Lipinski definition) is 5. The monoisotopic (exact) mass is 319 g/mol. The fourth-order valence-electron chi connectivity index (χ4n) is 3.03. The van der Waals surface area contributed by atoms with Gasteiger partial charge in [0.05, 0.1) is 10.7 Å². The van der Waals surface area contributed by atoms with Gasteiger partial charge in [0, 0.05) is 30.1 Å². The molecule has 3 rings (SSSR count). The van der Waals surface area contributed by atoms with E-state index < -0.39 is 0 Å². The van der Waals surface area contributed by atoms with E-state index in [2.05, 4.69) is 17.1 Å². The summed E-state index contributed by atoms with van der Waals surface area (Å²) in [5, 5.41) is 7.18. The van der Waals surface area contributed by atoms with Crippen LogP contribution in [0.5, 0.6) is 0 Å². The van der Waals surface area contributed by atoms with Crippen LogP contribution in [-0.4, -0.2) is 34.0 Å². The molecule has 1 aliphatic rings. The smallest absolute Gasteiger partial charge is 0.259 e. The summed E-state index contributed by atoms with van der Waals surface area (Å²) in [6.07, 6.45) is 4.45. The number of carbonyl (C=O) groups is 1. The molecule has 0 atom stereocenters. The molecular formula is C16H21N3O2S. The molecular weight excluding hydrogens is 298 g/mol. The van der Waals surface area contributed by atoms with Gasteiger partial charge in [0.2, 0.25) is 0 Å². The maximum atomic E-state index is 12.8. The van der Waals surface area contributed by atoms with E-state index in [-0.39, 0.29) is 11.3 Å². The molecule has 0 spiro atoms. The molecule has 0 aliphatic carbocycles. The molecule has 0 bridgehead atoms. The van der Waals surface area contributed by atoms with E-state index in [1.54, 1.807) is 11.3 Å². The Morgan fingerprint density at radius 3 is 2.77 bits per heavy atom. The van der Waals surface area contributed by atoms with E-state index in [1.165, 1.54) is 5.01 Å². The Morgan fingerprint density at radius 1 is 1.45 bits per heavy atom. The second-order valence-electron chi connectivity index (χ2n) is 6.10. The van der Waals surface area contributed by atoms with Crippen molar-refractivity contribution in [2.45, 2.75) is 45.4 Å². The molecule has 2 aromatic rings. The Balaban J connectivity index is 1.74.